The number of phenols is 1. The topological polar surface area (TPSA) is 183 Å². The highest BCUT2D eigenvalue weighted by molar-refractivity contribution is 6.24. The highest BCUT2D eigenvalue weighted by Gasteiger charge is 2.64. The maximum atomic E-state index is 14.0. The summed E-state index contributed by atoms with van der Waals surface area (Å²) < 4.78 is 11.4. The Bertz CT molecular complexity index is 1390. The summed E-state index contributed by atoms with van der Waals surface area (Å²) in [7, 11) is 4.64. The van der Waals surface area contributed by atoms with Crippen molar-refractivity contribution in [3.05, 3.63) is 39.7 Å². The minimum absolute atomic E-state index is 0.0131. The number of rotatable bonds is 8. The smallest absolute Gasteiger partial charge is 0.255 e. The molecule has 5 atom stereocenters. The van der Waals surface area contributed by atoms with E-state index in [2.05, 4.69) is 11.8 Å². The molecule has 3 aliphatic carbocycles. The number of aliphatic hydroxyl groups excluding tert-OH is 2. The number of Topliss-reactive ketones (excluding diaryl/α,β-unsaturated/α-hetero) is 2. The van der Waals surface area contributed by atoms with E-state index in [0.717, 1.165) is 31.7 Å². The minimum Gasteiger partial charge on any atom is -0.508 e. The Kier molecular flexibility index (Phi) is 7.86. The van der Waals surface area contributed by atoms with Gasteiger partial charge in [0.2, 0.25) is 5.78 Å². The van der Waals surface area contributed by atoms with E-state index in [1.165, 1.54) is 18.1 Å². The van der Waals surface area contributed by atoms with Gasteiger partial charge in [-0.25, -0.2) is 0 Å². The molecule has 1 aromatic rings. The number of phenolic OH excluding ortho intramolecular Hbond substituents is 1. The number of ketones is 2. The molecule has 0 radical (unpaired) electrons. The predicted octanol–water partition coefficient (Wildman–Crippen LogP) is 0.831. The lowest BCUT2D eigenvalue weighted by Crippen LogP contribution is -2.65. The van der Waals surface area contributed by atoms with Crippen molar-refractivity contribution in [1.82, 2.24) is 9.80 Å². The van der Waals surface area contributed by atoms with Crippen molar-refractivity contribution >= 4 is 23.2 Å². The summed E-state index contributed by atoms with van der Waals surface area (Å²) in [6.07, 6.45) is 1.17. The van der Waals surface area contributed by atoms with Crippen LogP contribution in [0.15, 0.2) is 23.0 Å². The predicted molar refractivity (Wildman–Crippen MR) is 151 cm³/mol. The zero-order chi connectivity index (χ0) is 30.7. The van der Waals surface area contributed by atoms with Crippen LogP contribution >= 0.6 is 0 Å². The molecule has 5 rings (SSSR count). The Balaban J connectivity index is 1.61. The Morgan fingerprint density at radius 2 is 1.95 bits per heavy atom. The van der Waals surface area contributed by atoms with Crippen molar-refractivity contribution in [2.75, 3.05) is 47.5 Å². The molecule has 1 aromatic carbocycles. The second kappa shape index (κ2) is 11.0. The molecule has 0 bridgehead atoms. The Labute approximate surface area is 244 Å². The maximum absolute atomic E-state index is 14.0. The molecule has 1 heterocycles. The normalized spacial score (nSPS) is 29.2. The zero-order valence-corrected chi connectivity index (χ0v) is 24.3. The molecule has 42 heavy (non-hydrogen) atoms. The van der Waals surface area contributed by atoms with Crippen LogP contribution in [0, 0.1) is 17.8 Å². The van der Waals surface area contributed by atoms with E-state index in [1.54, 1.807) is 14.1 Å². The number of benzene rings is 1. The SMILES string of the molecule is CCN(Cc1cc(O)c2c(c1OC)C[C@H]1C[C@H]3[C@H](N(C)C)C(=O)C(C(N)=O)=C(O)[C@@]3(O)C(=O)C1=C2O)CC1CCOC1. The average Bonchev–Trinajstić information content (AvgIpc) is 3.43. The standard InChI is InChI=1S/C30H39N3O9/c1-5-33(11-14-6-7-42-13-14)12-16-10-19(34)21-17(26(16)41-4)8-15-9-18-23(32(2)3)25(36)22(29(31)39)28(38)30(18,40)27(37)20(15)24(21)35/h10,14-15,18,23,34-35,38,40H,5-9,11-13H2,1-4H3,(H2,31,39)/t14?,15-,18-,23-,30-/m0/s1. The number of nitrogens with two attached hydrogens (primary N) is 1. The van der Waals surface area contributed by atoms with Gasteiger partial charge in [0.05, 0.1) is 25.3 Å². The van der Waals surface area contributed by atoms with Gasteiger partial charge in [-0.2, -0.15) is 0 Å². The quantitative estimate of drug-likeness (QED) is 0.272. The van der Waals surface area contributed by atoms with Crippen molar-refractivity contribution in [3.8, 4) is 11.5 Å². The minimum atomic E-state index is -2.67. The lowest BCUT2D eigenvalue weighted by molar-refractivity contribution is -0.153. The van der Waals surface area contributed by atoms with Crippen LogP contribution in [0.4, 0.5) is 0 Å². The molecular weight excluding hydrogens is 546 g/mol. The molecule has 12 heteroatoms. The van der Waals surface area contributed by atoms with Gasteiger partial charge in [0, 0.05) is 42.3 Å². The number of aliphatic hydroxyl groups is 3. The number of nitrogens with zero attached hydrogens (tertiary/aromatic N) is 2. The highest BCUT2D eigenvalue weighted by atomic mass is 16.5. The molecule has 6 N–H and O–H groups in total. The lowest BCUT2D eigenvalue weighted by Gasteiger charge is -2.50. The molecule has 12 nitrogen and oxygen atoms in total. The van der Waals surface area contributed by atoms with Crippen LogP contribution in [0.1, 0.15) is 36.5 Å². The number of carbonyl (C=O) groups is 3. The van der Waals surface area contributed by atoms with Gasteiger partial charge in [-0.1, -0.05) is 6.92 Å². The molecular formula is C30H39N3O9. The third-order valence-corrected chi connectivity index (χ3v) is 9.33. The van der Waals surface area contributed by atoms with Crippen molar-refractivity contribution in [2.45, 2.75) is 44.4 Å². The van der Waals surface area contributed by atoms with Gasteiger partial charge in [0.1, 0.15) is 28.6 Å². The van der Waals surface area contributed by atoms with E-state index >= 15 is 0 Å². The van der Waals surface area contributed by atoms with Gasteiger partial charge in [0.25, 0.3) is 5.91 Å². The summed E-state index contributed by atoms with van der Waals surface area (Å²) in [4.78, 5) is 43.1. The van der Waals surface area contributed by atoms with Gasteiger partial charge in [-0.3, -0.25) is 24.2 Å². The van der Waals surface area contributed by atoms with Crippen molar-refractivity contribution in [1.29, 1.82) is 0 Å². The van der Waals surface area contributed by atoms with Crippen LogP contribution in [0.5, 0.6) is 11.5 Å². The number of hydrogen-bond donors (Lipinski definition) is 5. The summed E-state index contributed by atoms with van der Waals surface area (Å²) in [6, 6.07) is 0.374. The van der Waals surface area contributed by atoms with E-state index in [1.807, 2.05) is 0 Å². The number of methoxy groups -OCH3 is 1. The first-order valence-electron chi connectivity index (χ1n) is 14.2. The second-order valence-electron chi connectivity index (χ2n) is 12.0. The third-order valence-electron chi connectivity index (χ3n) is 9.33. The molecule has 1 saturated carbocycles. The largest absolute Gasteiger partial charge is 0.508 e. The van der Waals surface area contributed by atoms with Gasteiger partial charge >= 0.3 is 0 Å². The fourth-order valence-corrected chi connectivity index (χ4v) is 7.37. The number of primary amides is 1. The van der Waals surface area contributed by atoms with Crippen LogP contribution in [0.2, 0.25) is 0 Å². The number of carbonyl (C=O) groups excluding carboxylic acids is 3. The fraction of sp³-hybridized carbons (Fsp3) is 0.567. The number of hydrogen-bond acceptors (Lipinski definition) is 11. The molecule has 1 aliphatic heterocycles. The van der Waals surface area contributed by atoms with Crippen LogP contribution in [0.3, 0.4) is 0 Å². The average molecular weight is 586 g/mol. The number of ether oxygens (including phenoxy) is 2. The van der Waals surface area contributed by atoms with Gasteiger partial charge in [-0.15, -0.1) is 0 Å². The molecule has 0 spiro atoms. The molecule has 2 fully saturated rings. The molecule has 1 unspecified atom stereocenters. The van der Waals surface area contributed by atoms with E-state index in [0.29, 0.717) is 30.4 Å². The number of aromatic hydroxyl groups is 1. The summed E-state index contributed by atoms with van der Waals surface area (Å²) in [5.74, 6) is -5.92. The third kappa shape index (κ3) is 4.48. The van der Waals surface area contributed by atoms with Crippen LogP contribution in [-0.4, -0.2) is 107 Å². The Hall–Kier alpha value is -3.45. The lowest BCUT2D eigenvalue weighted by atomic mass is 9.57. The molecule has 0 aromatic heterocycles. The van der Waals surface area contributed by atoms with Crippen molar-refractivity contribution < 1.29 is 44.3 Å². The Morgan fingerprint density at radius 3 is 2.52 bits per heavy atom. The number of fused-ring (bicyclic) bond motifs is 3. The van der Waals surface area contributed by atoms with Crippen molar-refractivity contribution in [3.63, 3.8) is 0 Å². The second-order valence-corrected chi connectivity index (χ2v) is 12.0. The zero-order valence-electron chi connectivity index (χ0n) is 24.3. The first kappa shape index (κ1) is 30.0. The van der Waals surface area contributed by atoms with Gasteiger partial charge < -0.3 is 35.6 Å². The summed E-state index contributed by atoms with van der Waals surface area (Å²) in [6.45, 7) is 5.55. The van der Waals surface area contributed by atoms with Crippen LogP contribution in [0.25, 0.3) is 5.76 Å². The molecule has 1 saturated heterocycles. The summed E-state index contributed by atoms with van der Waals surface area (Å²) >= 11 is 0. The van der Waals surface area contributed by atoms with Crippen molar-refractivity contribution in [2.24, 2.45) is 23.5 Å². The highest BCUT2D eigenvalue weighted by Crippen LogP contribution is 2.54. The van der Waals surface area contributed by atoms with E-state index < -0.39 is 58.0 Å². The summed E-state index contributed by atoms with van der Waals surface area (Å²) in [5, 5.41) is 45.4. The van der Waals surface area contributed by atoms with Gasteiger partial charge in [0.15, 0.2) is 11.4 Å². The fourth-order valence-electron chi connectivity index (χ4n) is 7.37. The monoisotopic (exact) mass is 585 g/mol. The maximum Gasteiger partial charge on any atom is 0.255 e. The summed E-state index contributed by atoms with van der Waals surface area (Å²) in [5.41, 5.74) is 2.92. The Morgan fingerprint density at radius 1 is 1.24 bits per heavy atom. The molecule has 1 amide bonds. The number of likely N-dealkylation sites (N-methyl/N-ethyl adjacent to an activating group) is 1. The van der Waals surface area contributed by atoms with Gasteiger partial charge in [-0.05, 0) is 57.8 Å². The van der Waals surface area contributed by atoms with Crippen LogP contribution < -0.4 is 10.5 Å². The van der Waals surface area contributed by atoms with Crippen LogP contribution in [-0.2, 0) is 32.1 Å². The van der Waals surface area contributed by atoms with E-state index in [9.17, 15) is 34.8 Å². The van der Waals surface area contributed by atoms with E-state index in [4.69, 9.17) is 15.2 Å². The molecule has 4 aliphatic rings. The molecule has 228 valence electrons. The first-order chi connectivity index (χ1) is 19.9. The first-order valence-corrected chi connectivity index (χ1v) is 14.2. The number of amides is 1. The van der Waals surface area contributed by atoms with E-state index in [-0.39, 0.29) is 29.7 Å².